The lowest BCUT2D eigenvalue weighted by molar-refractivity contribution is -0.121. The minimum atomic E-state index is -0.252. The Morgan fingerprint density at radius 1 is 0.700 bits per heavy atom. The number of nitrogens with zero attached hydrogens (tertiary/aromatic N) is 6. The predicted octanol–water partition coefficient (Wildman–Crippen LogP) is 9.45. The quantitative estimate of drug-likeness (QED) is 0.0229. The summed E-state index contributed by atoms with van der Waals surface area (Å²) in [7, 11) is 12.4. The minimum absolute atomic E-state index is 0.00944. The zero-order valence-electron chi connectivity index (χ0n) is 47.3. The number of carbonyl (C=O) groups excluding carboxylic acids is 3. The fourth-order valence-electron chi connectivity index (χ4n) is 11.0. The Hall–Kier alpha value is -6.64. The van der Waals surface area contributed by atoms with E-state index in [1.165, 1.54) is 11.1 Å². The summed E-state index contributed by atoms with van der Waals surface area (Å²) in [6.07, 6.45) is 4.24. The molecule has 5 aromatic carbocycles. The molecule has 4 heterocycles. The van der Waals surface area contributed by atoms with E-state index in [1.807, 2.05) is 84.6 Å². The number of anilines is 5. The molecule has 0 aromatic heterocycles. The van der Waals surface area contributed by atoms with Crippen molar-refractivity contribution in [2.24, 2.45) is 5.10 Å². The van der Waals surface area contributed by atoms with E-state index >= 15 is 0 Å². The summed E-state index contributed by atoms with van der Waals surface area (Å²) in [5, 5.41) is 3.86. The van der Waals surface area contributed by atoms with E-state index in [-0.39, 0.29) is 47.8 Å². The van der Waals surface area contributed by atoms with E-state index in [0.717, 1.165) is 64.6 Å². The molecule has 1 N–H and O–H groups in total. The van der Waals surface area contributed by atoms with Crippen molar-refractivity contribution in [2.45, 2.75) is 76.5 Å². The van der Waals surface area contributed by atoms with Crippen molar-refractivity contribution >= 4 is 74.0 Å². The van der Waals surface area contributed by atoms with Crippen LogP contribution in [0.2, 0.25) is 0 Å². The normalized spacial score (nSPS) is 16.4. The average Bonchev–Trinajstić information content (AvgIpc) is 3.99. The molecule has 0 saturated heterocycles. The van der Waals surface area contributed by atoms with Gasteiger partial charge in [-0.1, -0.05) is 58.0 Å². The third-order valence-corrected chi connectivity index (χ3v) is 18.1. The van der Waals surface area contributed by atoms with Crippen molar-refractivity contribution in [3.05, 3.63) is 124 Å². The van der Waals surface area contributed by atoms with Gasteiger partial charge in [0, 0.05) is 99.7 Å². The Bertz CT molecular complexity index is 2870. The molecule has 0 saturated carbocycles. The van der Waals surface area contributed by atoms with Crippen LogP contribution in [0.4, 0.5) is 28.4 Å². The van der Waals surface area contributed by atoms with Crippen LogP contribution in [-0.2, 0) is 45.1 Å². The van der Waals surface area contributed by atoms with Gasteiger partial charge in [0.15, 0.2) is 23.0 Å². The summed E-state index contributed by atoms with van der Waals surface area (Å²) in [4.78, 5) is 51.6. The Kier molecular flexibility index (Phi) is 19.4. The topological polar surface area (TPSA) is 156 Å². The Morgan fingerprint density at radius 2 is 1.23 bits per heavy atom. The first kappa shape index (κ1) is 58.0. The van der Waals surface area contributed by atoms with Crippen LogP contribution in [0, 0.1) is 0 Å². The molecule has 4 aliphatic heterocycles. The van der Waals surface area contributed by atoms with Crippen LogP contribution in [0.25, 0.3) is 0 Å². The molecule has 5 aromatic rings. The highest BCUT2D eigenvalue weighted by atomic mass is 33.1. The van der Waals surface area contributed by atoms with E-state index < -0.39 is 0 Å². The second kappa shape index (κ2) is 26.8. The summed E-state index contributed by atoms with van der Waals surface area (Å²) in [6, 6.07) is 30.1. The van der Waals surface area contributed by atoms with E-state index in [0.29, 0.717) is 99.8 Å². The Balaban J connectivity index is 1.01. The molecule has 0 fully saturated rings. The first-order chi connectivity index (χ1) is 38.8. The zero-order chi connectivity index (χ0) is 56.3. The first-order valence-electron chi connectivity index (χ1n) is 27.3. The number of nitrogens with one attached hydrogen (secondary N) is 1. The van der Waals surface area contributed by atoms with Gasteiger partial charge in [-0.2, -0.15) is 5.10 Å². The largest absolute Gasteiger partial charge is 0.493 e. The summed E-state index contributed by atoms with van der Waals surface area (Å²) in [5.41, 5.74) is 12.1. The van der Waals surface area contributed by atoms with Gasteiger partial charge in [0.25, 0.3) is 11.8 Å². The molecule has 17 nitrogen and oxygen atoms in total. The molecule has 2 atom stereocenters. The zero-order valence-corrected chi connectivity index (χ0v) is 48.9. The second-order valence-electron chi connectivity index (χ2n) is 21.0. The lowest BCUT2D eigenvalue weighted by Gasteiger charge is -2.34. The number of hydrogen-bond acceptors (Lipinski definition) is 16. The highest BCUT2D eigenvalue weighted by Crippen LogP contribution is 2.45. The van der Waals surface area contributed by atoms with Gasteiger partial charge in [0.1, 0.15) is 13.2 Å². The van der Waals surface area contributed by atoms with Crippen LogP contribution in [0.5, 0.6) is 23.0 Å². The van der Waals surface area contributed by atoms with Gasteiger partial charge in [-0.3, -0.25) is 14.4 Å². The van der Waals surface area contributed by atoms with Gasteiger partial charge < -0.3 is 57.7 Å². The summed E-state index contributed by atoms with van der Waals surface area (Å²) in [5.74, 6) is 2.49. The number of ether oxygens (including phenoxy) is 7. The van der Waals surface area contributed by atoms with Crippen LogP contribution in [0.3, 0.4) is 0 Å². The number of hydrazone groups is 1. The molecule has 0 spiro atoms. The Labute approximate surface area is 478 Å². The molecule has 426 valence electrons. The Morgan fingerprint density at radius 3 is 1.75 bits per heavy atom. The summed E-state index contributed by atoms with van der Waals surface area (Å²) >= 11 is 0. The smallest absolute Gasteiger partial charge is 0.260 e. The van der Waals surface area contributed by atoms with Crippen molar-refractivity contribution in [3.63, 3.8) is 0 Å². The van der Waals surface area contributed by atoms with Gasteiger partial charge in [0.2, 0.25) is 5.91 Å². The van der Waals surface area contributed by atoms with Gasteiger partial charge in [-0.05, 0) is 105 Å². The van der Waals surface area contributed by atoms with Crippen molar-refractivity contribution in [2.75, 3.05) is 125 Å². The number of likely N-dealkylation sites (N-methyl/N-ethyl adjacent to an activating group) is 2. The molecule has 80 heavy (non-hydrogen) atoms. The van der Waals surface area contributed by atoms with Gasteiger partial charge in [0.05, 0.1) is 81.8 Å². The van der Waals surface area contributed by atoms with E-state index in [4.69, 9.17) is 33.2 Å². The maximum atomic E-state index is 14.5. The number of hydrogen-bond donors (Lipinski definition) is 1. The molecule has 3 amide bonds. The van der Waals surface area contributed by atoms with Crippen LogP contribution < -0.4 is 48.9 Å². The lowest BCUT2D eigenvalue weighted by Crippen LogP contribution is -2.41. The van der Waals surface area contributed by atoms with Crippen molar-refractivity contribution < 1.29 is 47.5 Å². The maximum absolute atomic E-state index is 14.5. The molecule has 0 radical (unpaired) electrons. The molecular weight excluding hydrogens is 1050 g/mol. The third kappa shape index (κ3) is 13.6. The summed E-state index contributed by atoms with van der Waals surface area (Å²) < 4.78 is 42.3. The van der Waals surface area contributed by atoms with Gasteiger partial charge >= 0.3 is 0 Å². The average molecular weight is 1130 g/mol. The van der Waals surface area contributed by atoms with Crippen LogP contribution >= 0.6 is 21.6 Å². The number of methoxy groups -OCH3 is 3. The third-order valence-electron chi connectivity index (χ3n) is 14.7. The van der Waals surface area contributed by atoms with Crippen molar-refractivity contribution in [3.8, 4) is 23.0 Å². The first-order valence-corrected chi connectivity index (χ1v) is 29.7. The van der Waals surface area contributed by atoms with Crippen molar-refractivity contribution in [1.29, 1.82) is 0 Å². The monoisotopic (exact) mass is 1130 g/mol. The van der Waals surface area contributed by atoms with E-state index in [1.54, 1.807) is 56.1 Å². The molecular formula is C61H75N7O10S2. The fraction of sp³-hybridized carbons (Fsp3) is 0.443. The predicted molar refractivity (Wildman–Crippen MR) is 321 cm³/mol. The number of carbonyl (C=O) groups is 3. The number of amides is 3. The minimum Gasteiger partial charge on any atom is -0.493 e. The van der Waals surface area contributed by atoms with Crippen LogP contribution in [0.15, 0.2) is 96.1 Å². The van der Waals surface area contributed by atoms with Crippen LogP contribution in [0.1, 0.15) is 76.6 Å². The SMILES string of the molecule is CC=NNC(=O)CCCSSC(C)(C)CN(CCOCCOCCOC)c1cc(COc2cc3c(cc2OC)C(=O)N2c4ccccc4C[C@H]2CN3C)cc(COc2cc3c(cc2OC)C(=O)N2c4ccccc4C[C@H]2CN3C)c1. The van der Waals surface area contributed by atoms with E-state index in [9.17, 15) is 14.4 Å². The van der Waals surface area contributed by atoms with Gasteiger partial charge in [-0.25, -0.2) is 5.43 Å². The molecule has 0 aliphatic carbocycles. The molecule has 19 heteroatoms. The molecule has 9 rings (SSSR count). The maximum Gasteiger partial charge on any atom is 0.260 e. The van der Waals surface area contributed by atoms with Gasteiger partial charge in [-0.15, -0.1) is 0 Å². The number of benzene rings is 5. The molecule has 0 bridgehead atoms. The highest BCUT2D eigenvalue weighted by molar-refractivity contribution is 8.77. The lowest BCUT2D eigenvalue weighted by atomic mass is 10.1. The number of fused-ring (bicyclic) bond motifs is 8. The number of para-hydroxylation sites is 2. The standard InChI is InChI=1S/C61H75N7O10S2/c1-9-62-63-58(69)19-14-26-79-80-61(2,3)40-66(20-21-75-24-25-76-23-22-72-6)45-28-41(38-77-56-34-52-48(32-54(56)73-7)59(70)67-46(36-64(52)4)30-43-15-10-12-17-50(43)67)27-42(29-45)39-78-57-35-53-49(33-55(57)74-8)60(71)68-47(37-65(53)5)31-44-16-11-13-18-51(44)68/h9-13,15-18,27-29,32-35,46-47H,14,19-26,30-31,36-40H2,1-8H3,(H,63,69)/t46-,47-/m0/s1. The van der Waals surface area contributed by atoms with E-state index in [2.05, 4.69) is 69.4 Å². The van der Waals surface area contributed by atoms with Crippen molar-refractivity contribution in [1.82, 2.24) is 5.43 Å². The fourth-order valence-corrected chi connectivity index (χ4v) is 13.6. The number of rotatable bonds is 27. The molecule has 0 unspecified atom stereocenters. The highest BCUT2D eigenvalue weighted by Gasteiger charge is 2.41. The molecule has 4 aliphatic rings. The second-order valence-corrected chi connectivity index (χ2v) is 24.2. The summed E-state index contributed by atoms with van der Waals surface area (Å²) in [6.45, 7) is 11.4. The van der Waals surface area contributed by atoms with Crippen LogP contribution in [-0.4, -0.2) is 141 Å².